The molecular formula is C26H34O13S2. The molecule has 2 aromatic rings. The maximum absolute atomic E-state index is 12.1. The fourth-order valence-electron chi connectivity index (χ4n) is 5.37. The van der Waals surface area contributed by atoms with Crippen LogP contribution in [0.25, 0.3) is 11.1 Å². The zero-order valence-corrected chi connectivity index (χ0v) is 25.7. The third-order valence-corrected chi connectivity index (χ3v) is 8.28. The van der Waals surface area contributed by atoms with E-state index in [4.69, 9.17) is 41.5 Å². The topological polar surface area (TPSA) is 155 Å². The van der Waals surface area contributed by atoms with Gasteiger partial charge < -0.3 is 33.2 Å². The monoisotopic (exact) mass is 618 g/mol. The van der Waals surface area contributed by atoms with Crippen molar-refractivity contribution in [1.29, 1.82) is 0 Å². The molecule has 4 rings (SSSR count). The second kappa shape index (κ2) is 11.4. The predicted molar refractivity (Wildman–Crippen MR) is 147 cm³/mol. The largest absolute Gasteiger partial charge is 0.493 e. The van der Waals surface area contributed by atoms with Crippen molar-refractivity contribution in [1.82, 2.24) is 0 Å². The van der Waals surface area contributed by atoms with Crippen molar-refractivity contribution < 1.29 is 58.4 Å². The van der Waals surface area contributed by atoms with Gasteiger partial charge in [-0.3, -0.25) is 8.37 Å². The van der Waals surface area contributed by atoms with Crippen molar-refractivity contribution in [3.63, 3.8) is 0 Å². The highest BCUT2D eigenvalue weighted by Gasteiger charge is 2.64. The maximum atomic E-state index is 12.1. The van der Waals surface area contributed by atoms with Crippen LogP contribution in [0, 0.1) is 5.92 Å². The summed E-state index contributed by atoms with van der Waals surface area (Å²) in [6, 6.07) is 3.43. The molecule has 2 aliphatic rings. The van der Waals surface area contributed by atoms with Crippen molar-refractivity contribution in [2.24, 2.45) is 5.92 Å². The van der Waals surface area contributed by atoms with Gasteiger partial charge in [0, 0.05) is 17.0 Å². The minimum Gasteiger partial charge on any atom is -0.493 e. The molecule has 1 heterocycles. The zero-order chi connectivity index (χ0) is 30.3. The van der Waals surface area contributed by atoms with Crippen LogP contribution in [-0.2, 0) is 39.8 Å². The molecule has 0 radical (unpaired) electrons. The van der Waals surface area contributed by atoms with E-state index in [-0.39, 0.29) is 13.0 Å². The summed E-state index contributed by atoms with van der Waals surface area (Å²) in [6.07, 6.45) is 1.21. The molecule has 1 fully saturated rings. The standard InChI is InChI=1S/C26H34O13S2/c1-31-17-10-14-9-15(12-37-40(7,27)28)26(13-38-41(8,29)30)25(39-26)16-11-18(32-2)22(34-4)24(36-6)20(16)19(14)23(35-5)21(17)33-3/h10-11,15,25H,9,12-13H2,1-8H3/t15-,25+,26-/m1/s1. The molecule has 228 valence electrons. The first-order valence-electron chi connectivity index (χ1n) is 12.3. The van der Waals surface area contributed by atoms with E-state index in [1.54, 1.807) is 12.1 Å². The van der Waals surface area contributed by atoms with E-state index in [9.17, 15) is 16.8 Å². The molecule has 1 aliphatic carbocycles. The van der Waals surface area contributed by atoms with E-state index in [0.717, 1.165) is 12.5 Å². The number of rotatable bonds is 12. The number of ether oxygens (including phenoxy) is 7. The Morgan fingerprint density at radius 3 is 1.73 bits per heavy atom. The molecule has 2 aromatic carbocycles. The van der Waals surface area contributed by atoms with Gasteiger partial charge in [-0.1, -0.05) is 0 Å². The van der Waals surface area contributed by atoms with Crippen LogP contribution in [0.3, 0.4) is 0 Å². The lowest BCUT2D eigenvalue weighted by atomic mass is 9.76. The van der Waals surface area contributed by atoms with Crippen LogP contribution in [0.4, 0.5) is 0 Å². The lowest BCUT2D eigenvalue weighted by Crippen LogP contribution is -2.37. The average Bonchev–Trinajstić information content (AvgIpc) is 3.65. The van der Waals surface area contributed by atoms with Gasteiger partial charge in [0.15, 0.2) is 23.0 Å². The number of methoxy groups -OCH3 is 6. The van der Waals surface area contributed by atoms with Crippen LogP contribution in [0.5, 0.6) is 34.5 Å². The molecule has 0 spiro atoms. The summed E-state index contributed by atoms with van der Waals surface area (Å²) in [4.78, 5) is 0. The summed E-state index contributed by atoms with van der Waals surface area (Å²) in [5, 5.41) is 0. The Morgan fingerprint density at radius 2 is 1.24 bits per heavy atom. The van der Waals surface area contributed by atoms with Gasteiger partial charge in [0.05, 0.1) is 68.4 Å². The SMILES string of the molecule is COc1cc2c(c(OC)c1OC)-c1c(cc(OC)c(OC)c1OC)[C@@H]1O[C@]1(COS(C)(=O)=O)[C@@H](COS(C)(=O)=O)C2. The van der Waals surface area contributed by atoms with Gasteiger partial charge in [-0.15, -0.1) is 0 Å². The first-order valence-corrected chi connectivity index (χ1v) is 15.9. The molecule has 15 heteroatoms. The van der Waals surface area contributed by atoms with E-state index in [1.165, 1.54) is 42.7 Å². The number of epoxide rings is 1. The van der Waals surface area contributed by atoms with Crippen molar-refractivity contribution in [2.45, 2.75) is 18.1 Å². The first-order chi connectivity index (χ1) is 19.3. The minimum atomic E-state index is -3.89. The average molecular weight is 619 g/mol. The Hall–Kier alpha value is -2.98. The van der Waals surface area contributed by atoms with Gasteiger partial charge in [0.1, 0.15) is 11.7 Å². The van der Waals surface area contributed by atoms with Crippen molar-refractivity contribution >= 4 is 20.2 Å². The second-order valence-electron chi connectivity index (χ2n) is 9.60. The van der Waals surface area contributed by atoms with E-state index < -0.39 is 44.5 Å². The molecule has 1 aliphatic heterocycles. The minimum absolute atomic E-state index is 0.141. The highest BCUT2D eigenvalue weighted by atomic mass is 32.2. The third-order valence-electron chi connectivity index (χ3n) is 7.17. The van der Waals surface area contributed by atoms with Crippen molar-refractivity contribution in [3.8, 4) is 45.6 Å². The summed E-state index contributed by atoms with van der Waals surface area (Å²) in [7, 11) is 1.08. The highest BCUT2D eigenvalue weighted by molar-refractivity contribution is 7.86. The Bertz CT molecular complexity index is 1540. The summed E-state index contributed by atoms with van der Waals surface area (Å²) < 4.78 is 99.3. The van der Waals surface area contributed by atoms with Crippen molar-refractivity contribution in [2.75, 3.05) is 68.4 Å². The van der Waals surface area contributed by atoms with E-state index in [0.29, 0.717) is 56.8 Å². The Kier molecular flexibility index (Phi) is 8.58. The molecule has 0 N–H and O–H groups in total. The zero-order valence-electron chi connectivity index (χ0n) is 24.1. The molecule has 1 saturated heterocycles. The number of hydrogen-bond acceptors (Lipinski definition) is 13. The Balaban J connectivity index is 2.11. The second-order valence-corrected chi connectivity index (χ2v) is 12.9. The summed E-state index contributed by atoms with van der Waals surface area (Å²) in [5.74, 6) is 1.18. The van der Waals surface area contributed by atoms with Crippen LogP contribution in [0.2, 0.25) is 0 Å². The normalized spacial score (nSPS) is 21.4. The highest BCUT2D eigenvalue weighted by Crippen LogP contribution is 2.64. The van der Waals surface area contributed by atoms with Crippen LogP contribution in [0.15, 0.2) is 12.1 Å². The third kappa shape index (κ3) is 5.73. The smallest absolute Gasteiger partial charge is 0.264 e. The molecule has 0 aromatic heterocycles. The molecule has 0 saturated carbocycles. The molecule has 3 atom stereocenters. The van der Waals surface area contributed by atoms with Gasteiger partial charge in [-0.05, 0) is 29.7 Å². The first kappa shape index (κ1) is 31.0. The molecular weight excluding hydrogens is 584 g/mol. The van der Waals surface area contributed by atoms with Crippen LogP contribution in [0.1, 0.15) is 17.2 Å². The molecule has 13 nitrogen and oxygen atoms in total. The van der Waals surface area contributed by atoms with Crippen molar-refractivity contribution in [3.05, 3.63) is 23.3 Å². The number of benzene rings is 2. The maximum Gasteiger partial charge on any atom is 0.264 e. The van der Waals surface area contributed by atoms with Gasteiger partial charge in [-0.2, -0.15) is 16.8 Å². The fourth-order valence-corrected chi connectivity index (χ4v) is 6.18. The lowest BCUT2D eigenvalue weighted by molar-refractivity contribution is 0.105. The van der Waals surface area contributed by atoms with Gasteiger partial charge in [0.2, 0.25) is 11.5 Å². The van der Waals surface area contributed by atoms with E-state index >= 15 is 0 Å². The summed E-state index contributed by atoms with van der Waals surface area (Å²) in [5.41, 5.74) is 0.932. The fraction of sp³-hybridized carbons (Fsp3) is 0.538. The number of fused-ring (bicyclic) bond motifs is 5. The lowest BCUT2D eigenvalue weighted by Gasteiger charge is -2.30. The molecule has 0 amide bonds. The molecule has 0 bridgehead atoms. The van der Waals surface area contributed by atoms with Crippen LogP contribution >= 0.6 is 0 Å². The van der Waals surface area contributed by atoms with Crippen LogP contribution in [-0.4, -0.2) is 90.8 Å². The van der Waals surface area contributed by atoms with Gasteiger partial charge in [-0.25, -0.2) is 0 Å². The van der Waals surface area contributed by atoms with E-state index in [1.807, 2.05) is 0 Å². The summed E-state index contributed by atoms with van der Waals surface area (Å²) in [6.45, 7) is -0.720. The quantitative estimate of drug-likeness (QED) is 0.253. The molecule has 0 unspecified atom stereocenters. The van der Waals surface area contributed by atoms with Gasteiger partial charge in [0.25, 0.3) is 20.2 Å². The Labute approximate surface area is 239 Å². The molecule has 41 heavy (non-hydrogen) atoms. The predicted octanol–water partition coefficient (Wildman–Crippen LogP) is 2.34. The Morgan fingerprint density at radius 1 is 0.732 bits per heavy atom. The van der Waals surface area contributed by atoms with Crippen LogP contribution < -0.4 is 28.4 Å². The summed E-state index contributed by atoms with van der Waals surface area (Å²) >= 11 is 0. The van der Waals surface area contributed by atoms with E-state index in [2.05, 4.69) is 0 Å². The number of hydrogen-bond donors (Lipinski definition) is 0. The van der Waals surface area contributed by atoms with Gasteiger partial charge >= 0.3 is 0 Å².